The molecule has 0 amide bonds. The highest BCUT2D eigenvalue weighted by atomic mass is 19.1. The van der Waals surface area contributed by atoms with Crippen molar-refractivity contribution in [2.45, 2.75) is 32.1 Å². The second kappa shape index (κ2) is 6.89. The maximum atomic E-state index is 13.8. The van der Waals surface area contributed by atoms with Gasteiger partial charge in [0.25, 0.3) is 0 Å². The Labute approximate surface area is 122 Å². The molecular formula is C16H15F2N3. The molecule has 2 rings (SSSR count). The lowest BCUT2D eigenvalue weighted by Gasteiger charge is -2.16. The number of rotatable bonds is 5. The number of hydrogen-bond acceptors (Lipinski definition) is 3. The molecule has 2 aromatic rings. The molecule has 108 valence electrons. The third-order valence-corrected chi connectivity index (χ3v) is 3.33. The van der Waals surface area contributed by atoms with Crippen LogP contribution >= 0.6 is 0 Å². The molecule has 0 saturated heterocycles. The Bertz CT molecular complexity index is 627. The molecule has 0 spiro atoms. The molecule has 5 heteroatoms. The average molecular weight is 287 g/mol. The van der Waals surface area contributed by atoms with Crippen LogP contribution in [-0.4, -0.2) is 9.97 Å². The zero-order valence-corrected chi connectivity index (χ0v) is 11.7. The fourth-order valence-electron chi connectivity index (χ4n) is 2.33. The number of aromatic nitrogens is 2. The third kappa shape index (κ3) is 3.60. The van der Waals surface area contributed by atoms with Crippen molar-refractivity contribution in [3.05, 3.63) is 59.2 Å². The van der Waals surface area contributed by atoms with Gasteiger partial charge in [-0.1, -0.05) is 13.3 Å². The highest BCUT2D eigenvalue weighted by molar-refractivity contribution is 5.36. The minimum absolute atomic E-state index is 0.0749. The van der Waals surface area contributed by atoms with E-state index in [0.29, 0.717) is 17.8 Å². The van der Waals surface area contributed by atoms with Gasteiger partial charge in [-0.2, -0.15) is 5.26 Å². The smallest absolute Gasteiger partial charge is 0.144 e. The summed E-state index contributed by atoms with van der Waals surface area (Å²) < 4.78 is 27.5. The maximum Gasteiger partial charge on any atom is 0.144 e. The second-order valence-corrected chi connectivity index (χ2v) is 4.83. The Balaban J connectivity index is 2.33. The molecule has 1 unspecified atom stereocenters. The molecule has 0 aliphatic rings. The van der Waals surface area contributed by atoms with Gasteiger partial charge in [0.1, 0.15) is 29.1 Å². The first kappa shape index (κ1) is 15.0. The Morgan fingerprint density at radius 3 is 2.33 bits per heavy atom. The summed E-state index contributed by atoms with van der Waals surface area (Å²) in [6, 6.07) is 5.74. The van der Waals surface area contributed by atoms with Gasteiger partial charge in [0, 0.05) is 18.8 Å². The lowest BCUT2D eigenvalue weighted by atomic mass is 9.90. The van der Waals surface area contributed by atoms with Crippen molar-refractivity contribution in [3.8, 4) is 6.07 Å². The molecule has 1 heterocycles. The Hall–Kier alpha value is -2.35. The second-order valence-electron chi connectivity index (χ2n) is 4.83. The lowest BCUT2D eigenvalue weighted by Crippen LogP contribution is -2.07. The van der Waals surface area contributed by atoms with Crippen molar-refractivity contribution in [1.29, 1.82) is 5.26 Å². The number of nitriles is 1. The van der Waals surface area contributed by atoms with Crippen molar-refractivity contribution in [1.82, 2.24) is 9.97 Å². The van der Waals surface area contributed by atoms with Crippen LogP contribution in [0.3, 0.4) is 0 Å². The molecule has 3 nitrogen and oxygen atoms in total. The third-order valence-electron chi connectivity index (χ3n) is 3.33. The number of benzene rings is 1. The molecule has 1 aromatic carbocycles. The fraction of sp³-hybridized carbons (Fsp3) is 0.312. The van der Waals surface area contributed by atoms with E-state index in [4.69, 9.17) is 5.26 Å². The van der Waals surface area contributed by atoms with Crippen LogP contribution in [0.2, 0.25) is 0 Å². The van der Waals surface area contributed by atoms with Crippen molar-refractivity contribution in [3.63, 3.8) is 0 Å². The molecule has 0 aliphatic heterocycles. The van der Waals surface area contributed by atoms with Crippen molar-refractivity contribution >= 4 is 0 Å². The quantitative estimate of drug-likeness (QED) is 0.841. The number of hydrogen-bond donors (Lipinski definition) is 0. The summed E-state index contributed by atoms with van der Waals surface area (Å²) in [5, 5.41) is 8.72. The first-order valence-corrected chi connectivity index (χ1v) is 6.80. The van der Waals surface area contributed by atoms with Gasteiger partial charge in [-0.05, 0) is 36.1 Å². The molecule has 1 atom stereocenters. The van der Waals surface area contributed by atoms with Crippen LogP contribution in [0.4, 0.5) is 8.78 Å². The zero-order valence-electron chi connectivity index (χ0n) is 11.7. The van der Waals surface area contributed by atoms with Gasteiger partial charge in [0.05, 0.1) is 0 Å². The van der Waals surface area contributed by atoms with Gasteiger partial charge >= 0.3 is 0 Å². The summed E-state index contributed by atoms with van der Waals surface area (Å²) in [5.74, 6) is -1.07. The molecule has 0 aliphatic carbocycles. The molecule has 0 fully saturated rings. The predicted molar refractivity (Wildman–Crippen MR) is 74.5 cm³/mol. The Morgan fingerprint density at radius 2 is 1.81 bits per heavy atom. The Kier molecular flexibility index (Phi) is 4.94. The Morgan fingerprint density at radius 1 is 1.19 bits per heavy atom. The van der Waals surface area contributed by atoms with Crippen molar-refractivity contribution in [2.75, 3.05) is 0 Å². The maximum absolute atomic E-state index is 13.8. The van der Waals surface area contributed by atoms with Crippen LogP contribution in [0.5, 0.6) is 0 Å². The van der Waals surface area contributed by atoms with E-state index in [1.165, 1.54) is 18.2 Å². The van der Waals surface area contributed by atoms with E-state index in [-0.39, 0.29) is 5.92 Å². The predicted octanol–water partition coefficient (Wildman–Crippen LogP) is 3.75. The van der Waals surface area contributed by atoms with Gasteiger partial charge in [-0.25, -0.2) is 18.7 Å². The van der Waals surface area contributed by atoms with Gasteiger partial charge in [0.15, 0.2) is 0 Å². The van der Waals surface area contributed by atoms with Crippen molar-refractivity contribution < 1.29 is 8.78 Å². The van der Waals surface area contributed by atoms with Crippen LogP contribution in [0.1, 0.15) is 42.6 Å². The standard InChI is InChI=1S/C16H15F2N3/c1-2-4-11(9-16-20-5-3-6-21-16)12-7-14(17)13(10-19)15(18)8-12/h3,5-8,11H,2,4,9H2,1H3. The van der Waals surface area contributed by atoms with Crippen LogP contribution in [0.15, 0.2) is 30.6 Å². The van der Waals surface area contributed by atoms with E-state index >= 15 is 0 Å². The van der Waals surface area contributed by atoms with Crippen LogP contribution in [0.25, 0.3) is 0 Å². The number of halogens is 2. The van der Waals surface area contributed by atoms with Gasteiger partial charge in [-0.15, -0.1) is 0 Å². The van der Waals surface area contributed by atoms with E-state index in [9.17, 15) is 8.78 Å². The van der Waals surface area contributed by atoms with E-state index in [2.05, 4.69) is 9.97 Å². The minimum atomic E-state index is -0.817. The summed E-state index contributed by atoms with van der Waals surface area (Å²) in [4.78, 5) is 8.31. The van der Waals surface area contributed by atoms with Gasteiger partial charge < -0.3 is 0 Å². The normalized spacial score (nSPS) is 11.9. The van der Waals surface area contributed by atoms with E-state index < -0.39 is 17.2 Å². The van der Waals surface area contributed by atoms with Crippen LogP contribution in [-0.2, 0) is 6.42 Å². The fourth-order valence-corrected chi connectivity index (χ4v) is 2.33. The van der Waals surface area contributed by atoms with E-state index in [1.807, 2.05) is 6.92 Å². The van der Waals surface area contributed by atoms with E-state index in [1.54, 1.807) is 18.5 Å². The molecule has 0 radical (unpaired) electrons. The SMILES string of the molecule is CCCC(Cc1ncccn1)c1cc(F)c(C#N)c(F)c1. The average Bonchev–Trinajstić information content (AvgIpc) is 2.47. The van der Waals surface area contributed by atoms with Gasteiger partial charge in [-0.3, -0.25) is 0 Å². The lowest BCUT2D eigenvalue weighted by molar-refractivity contribution is 0.550. The monoisotopic (exact) mass is 287 g/mol. The summed E-state index contributed by atoms with van der Waals surface area (Å²) in [7, 11) is 0. The molecule has 0 N–H and O–H groups in total. The highest BCUT2D eigenvalue weighted by Crippen LogP contribution is 2.27. The summed E-state index contributed by atoms with van der Waals surface area (Å²) in [5.41, 5.74) is 0.00302. The van der Waals surface area contributed by atoms with Crippen LogP contribution < -0.4 is 0 Å². The zero-order chi connectivity index (χ0) is 15.2. The minimum Gasteiger partial charge on any atom is -0.241 e. The highest BCUT2D eigenvalue weighted by Gasteiger charge is 2.18. The first-order chi connectivity index (χ1) is 10.2. The van der Waals surface area contributed by atoms with E-state index in [0.717, 1.165) is 12.8 Å². The van der Waals surface area contributed by atoms with Crippen LogP contribution in [0, 0.1) is 23.0 Å². The molecular weight excluding hydrogens is 272 g/mol. The summed E-state index contributed by atoms with van der Waals surface area (Å²) in [6.45, 7) is 2.01. The van der Waals surface area contributed by atoms with Gasteiger partial charge in [0.2, 0.25) is 0 Å². The molecule has 1 aromatic heterocycles. The molecule has 21 heavy (non-hydrogen) atoms. The summed E-state index contributed by atoms with van der Waals surface area (Å²) in [6.07, 6.45) is 5.44. The van der Waals surface area contributed by atoms with Crippen molar-refractivity contribution in [2.24, 2.45) is 0 Å². The topological polar surface area (TPSA) is 49.6 Å². The molecule has 0 bridgehead atoms. The summed E-state index contributed by atoms with van der Waals surface area (Å²) >= 11 is 0. The molecule has 0 saturated carbocycles. The first-order valence-electron chi connectivity index (χ1n) is 6.80. The largest absolute Gasteiger partial charge is 0.241 e. The number of nitrogens with zero attached hydrogens (tertiary/aromatic N) is 3.